The standard InChI is InChI=1S/C12H18N2OS/c1-8(2)14-12(15)7-10-9-4-6-16-11(9)3-5-13-10/h4,6,8,10,13H,3,5,7H2,1-2H3,(H,14,15). The molecule has 4 heteroatoms. The number of fused-ring (bicyclic) bond motifs is 1. The fraction of sp³-hybridized carbons (Fsp3) is 0.583. The molecule has 0 aliphatic carbocycles. The first kappa shape index (κ1) is 11.6. The van der Waals surface area contributed by atoms with Crippen LogP contribution in [0.1, 0.15) is 36.8 Å². The van der Waals surface area contributed by atoms with Crippen molar-refractivity contribution in [2.24, 2.45) is 0 Å². The molecule has 0 aromatic carbocycles. The first-order chi connectivity index (χ1) is 7.66. The van der Waals surface area contributed by atoms with E-state index in [-0.39, 0.29) is 18.0 Å². The number of thiophene rings is 1. The summed E-state index contributed by atoms with van der Waals surface area (Å²) >= 11 is 1.80. The molecule has 88 valence electrons. The summed E-state index contributed by atoms with van der Waals surface area (Å²) in [6, 6.07) is 2.56. The summed E-state index contributed by atoms with van der Waals surface area (Å²) < 4.78 is 0. The Bertz CT molecular complexity index is 373. The third-order valence-corrected chi connectivity index (χ3v) is 3.73. The predicted octanol–water partition coefficient (Wildman–Crippen LogP) is 1.85. The maximum atomic E-state index is 11.7. The van der Waals surface area contributed by atoms with Crippen LogP contribution in [0.4, 0.5) is 0 Å². The second-order valence-electron chi connectivity index (χ2n) is 4.48. The van der Waals surface area contributed by atoms with E-state index in [4.69, 9.17) is 0 Å². The molecular weight excluding hydrogens is 220 g/mol. The summed E-state index contributed by atoms with van der Waals surface area (Å²) in [5.41, 5.74) is 1.31. The molecule has 0 bridgehead atoms. The highest BCUT2D eigenvalue weighted by atomic mass is 32.1. The van der Waals surface area contributed by atoms with Gasteiger partial charge in [-0.05, 0) is 37.3 Å². The zero-order valence-electron chi connectivity index (χ0n) is 9.75. The maximum absolute atomic E-state index is 11.7. The van der Waals surface area contributed by atoms with Crippen LogP contribution in [0.25, 0.3) is 0 Å². The third kappa shape index (κ3) is 2.62. The van der Waals surface area contributed by atoms with Gasteiger partial charge in [-0.2, -0.15) is 0 Å². The second-order valence-corrected chi connectivity index (χ2v) is 5.48. The molecule has 1 aliphatic heterocycles. The van der Waals surface area contributed by atoms with Crippen molar-refractivity contribution in [3.05, 3.63) is 21.9 Å². The highest BCUT2D eigenvalue weighted by Gasteiger charge is 2.22. The Morgan fingerprint density at radius 2 is 2.50 bits per heavy atom. The first-order valence-corrected chi connectivity index (χ1v) is 6.64. The van der Waals surface area contributed by atoms with Gasteiger partial charge in [0, 0.05) is 29.9 Å². The molecular formula is C12H18N2OS. The minimum Gasteiger partial charge on any atom is -0.354 e. The summed E-state index contributed by atoms with van der Waals surface area (Å²) in [7, 11) is 0. The average Bonchev–Trinajstić information content (AvgIpc) is 2.65. The van der Waals surface area contributed by atoms with Crippen molar-refractivity contribution in [1.29, 1.82) is 0 Å². The van der Waals surface area contributed by atoms with E-state index >= 15 is 0 Å². The number of amides is 1. The van der Waals surface area contributed by atoms with E-state index in [1.165, 1.54) is 10.4 Å². The van der Waals surface area contributed by atoms with Gasteiger partial charge in [0.25, 0.3) is 0 Å². The normalized spacial score (nSPS) is 19.6. The van der Waals surface area contributed by atoms with Crippen molar-refractivity contribution >= 4 is 17.2 Å². The summed E-state index contributed by atoms with van der Waals surface area (Å²) in [5, 5.41) is 8.46. The van der Waals surface area contributed by atoms with Crippen LogP contribution in [0.3, 0.4) is 0 Å². The minimum absolute atomic E-state index is 0.131. The molecule has 1 aromatic rings. The van der Waals surface area contributed by atoms with Gasteiger partial charge in [-0.1, -0.05) is 0 Å². The van der Waals surface area contributed by atoms with Crippen molar-refractivity contribution in [3.63, 3.8) is 0 Å². The number of nitrogens with one attached hydrogen (secondary N) is 2. The molecule has 1 aliphatic rings. The topological polar surface area (TPSA) is 41.1 Å². The number of hydrogen-bond donors (Lipinski definition) is 2. The van der Waals surface area contributed by atoms with Crippen LogP contribution in [-0.4, -0.2) is 18.5 Å². The van der Waals surface area contributed by atoms with Gasteiger partial charge in [0.1, 0.15) is 0 Å². The van der Waals surface area contributed by atoms with E-state index in [0.29, 0.717) is 6.42 Å². The molecule has 2 rings (SSSR count). The summed E-state index contributed by atoms with van der Waals surface area (Å²) in [6.45, 7) is 4.96. The van der Waals surface area contributed by atoms with Crippen LogP contribution in [-0.2, 0) is 11.2 Å². The Kier molecular flexibility index (Phi) is 3.61. The van der Waals surface area contributed by atoms with Crippen molar-refractivity contribution in [1.82, 2.24) is 10.6 Å². The summed E-state index contributed by atoms with van der Waals surface area (Å²) in [6.07, 6.45) is 1.64. The van der Waals surface area contributed by atoms with E-state index in [1.807, 2.05) is 13.8 Å². The maximum Gasteiger partial charge on any atom is 0.222 e. The van der Waals surface area contributed by atoms with Gasteiger partial charge in [-0.3, -0.25) is 4.79 Å². The largest absolute Gasteiger partial charge is 0.354 e. The molecule has 16 heavy (non-hydrogen) atoms. The average molecular weight is 238 g/mol. The molecule has 1 atom stereocenters. The minimum atomic E-state index is 0.131. The fourth-order valence-electron chi connectivity index (χ4n) is 2.08. The highest BCUT2D eigenvalue weighted by Crippen LogP contribution is 2.29. The first-order valence-electron chi connectivity index (χ1n) is 5.76. The van der Waals surface area contributed by atoms with Crippen LogP contribution in [0.15, 0.2) is 11.4 Å². The lowest BCUT2D eigenvalue weighted by Gasteiger charge is -2.24. The molecule has 0 fully saturated rings. The van der Waals surface area contributed by atoms with E-state index in [1.54, 1.807) is 11.3 Å². The van der Waals surface area contributed by atoms with Gasteiger partial charge in [0.15, 0.2) is 0 Å². The molecule has 0 saturated carbocycles. The third-order valence-electron chi connectivity index (χ3n) is 2.74. The molecule has 1 amide bonds. The summed E-state index contributed by atoms with van der Waals surface area (Å²) in [4.78, 5) is 13.1. The Hall–Kier alpha value is -0.870. The smallest absolute Gasteiger partial charge is 0.222 e. The van der Waals surface area contributed by atoms with Gasteiger partial charge in [-0.25, -0.2) is 0 Å². The fourth-order valence-corrected chi connectivity index (χ4v) is 3.03. The Balaban J connectivity index is 2.00. The highest BCUT2D eigenvalue weighted by molar-refractivity contribution is 7.10. The number of carbonyl (C=O) groups is 1. The second kappa shape index (κ2) is 4.97. The van der Waals surface area contributed by atoms with Gasteiger partial charge >= 0.3 is 0 Å². The zero-order valence-corrected chi connectivity index (χ0v) is 10.6. The summed E-state index contributed by atoms with van der Waals surface area (Å²) in [5.74, 6) is 0.131. The van der Waals surface area contributed by atoms with Crippen molar-refractivity contribution in [2.75, 3.05) is 6.54 Å². The van der Waals surface area contributed by atoms with E-state index < -0.39 is 0 Å². The van der Waals surface area contributed by atoms with Crippen molar-refractivity contribution < 1.29 is 4.79 Å². The number of hydrogen-bond acceptors (Lipinski definition) is 3. The zero-order chi connectivity index (χ0) is 11.5. The van der Waals surface area contributed by atoms with Gasteiger partial charge in [0.2, 0.25) is 5.91 Å². The lowest BCUT2D eigenvalue weighted by Crippen LogP contribution is -2.36. The van der Waals surface area contributed by atoms with Gasteiger partial charge in [-0.15, -0.1) is 11.3 Å². The number of carbonyl (C=O) groups excluding carboxylic acids is 1. The van der Waals surface area contributed by atoms with Crippen molar-refractivity contribution in [3.8, 4) is 0 Å². The van der Waals surface area contributed by atoms with Crippen molar-refractivity contribution in [2.45, 2.75) is 38.8 Å². The van der Waals surface area contributed by atoms with Gasteiger partial charge in [0.05, 0.1) is 0 Å². The lowest BCUT2D eigenvalue weighted by atomic mass is 9.99. The molecule has 0 saturated heterocycles. The molecule has 2 heterocycles. The molecule has 2 N–H and O–H groups in total. The predicted molar refractivity (Wildman–Crippen MR) is 66.7 cm³/mol. The Morgan fingerprint density at radius 1 is 1.69 bits per heavy atom. The van der Waals surface area contributed by atoms with E-state index in [9.17, 15) is 4.79 Å². The van der Waals surface area contributed by atoms with Gasteiger partial charge < -0.3 is 10.6 Å². The van der Waals surface area contributed by atoms with E-state index in [0.717, 1.165) is 13.0 Å². The Morgan fingerprint density at radius 3 is 3.25 bits per heavy atom. The molecule has 1 aromatic heterocycles. The van der Waals surface area contributed by atoms with Crippen LogP contribution < -0.4 is 10.6 Å². The van der Waals surface area contributed by atoms with Crippen LogP contribution in [0, 0.1) is 0 Å². The van der Waals surface area contributed by atoms with Crippen LogP contribution >= 0.6 is 11.3 Å². The lowest BCUT2D eigenvalue weighted by molar-refractivity contribution is -0.122. The van der Waals surface area contributed by atoms with Crippen LogP contribution in [0.5, 0.6) is 0 Å². The number of rotatable bonds is 3. The molecule has 1 unspecified atom stereocenters. The van der Waals surface area contributed by atoms with E-state index in [2.05, 4.69) is 22.1 Å². The molecule has 0 spiro atoms. The molecule has 3 nitrogen and oxygen atoms in total. The SMILES string of the molecule is CC(C)NC(=O)CC1NCCc2sccc21. The quantitative estimate of drug-likeness (QED) is 0.844. The van der Waals surface area contributed by atoms with Crippen LogP contribution in [0.2, 0.25) is 0 Å². The molecule has 0 radical (unpaired) electrons. The Labute approximate surface area is 100 Å². The monoisotopic (exact) mass is 238 g/mol.